The number of rotatable bonds is 4. The first-order valence-electron chi connectivity index (χ1n) is 6.33. The maximum Gasteiger partial charge on any atom is 0.294 e. The van der Waals surface area contributed by atoms with Crippen LogP contribution in [0.2, 0.25) is 5.02 Å². The Morgan fingerprint density at radius 3 is 2.64 bits per heavy atom. The fourth-order valence-electron chi connectivity index (χ4n) is 1.54. The molecule has 1 amide bonds. The molecule has 7 nitrogen and oxygen atoms in total. The number of benzene rings is 1. The number of aromatic nitrogens is 3. The number of anilines is 1. The third-order valence-corrected chi connectivity index (χ3v) is 4.09. The average Bonchev–Trinajstić information content (AvgIpc) is 2.50. The molecule has 2 rings (SSSR count). The molecule has 0 unspecified atom stereocenters. The topological polar surface area (TPSA) is 103 Å². The van der Waals surface area contributed by atoms with Gasteiger partial charge in [0.05, 0.1) is 5.25 Å². The number of thioether (sulfide) groups is 1. The third-order valence-electron chi connectivity index (χ3n) is 2.78. The molecule has 9 heteroatoms. The Hall–Kier alpha value is -2.06. The second-order valence-electron chi connectivity index (χ2n) is 4.50. The van der Waals surface area contributed by atoms with Crippen molar-refractivity contribution in [2.75, 3.05) is 11.2 Å². The van der Waals surface area contributed by atoms with Gasteiger partial charge in [-0.15, -0.1) is 10.2 Å². The van der Waals surface area contributed by atoms with E-state index in [1.165, 1.54) is 6.92 Å². The lowest BCUT2D eigenvalue weighted by Crippen LogP contribution is -2.33. The van der Waals surface area contributed by atoms with Crippen molar-refractivity contribution < 1.29 is 4.79 Å². The highest BCUT2D eigenvalue weighted by Gasteiger charge is 2.18. The molecule has 0 aliphatic rings. The van der Waals surface area contributed by atoms with Crippen LogP contribution in [0.15, 0.2) is 34.2 Å². The van der Waals surface area contributed by atoms with Crippen LogP contribution < -0.4 is 16.7 Å². The quantitative estimate of drug-likeness (QED) is 0.645. The largest absolute Gasteiger partial charge is 0.334 e. The van der Waals surface area contributed by atoms with Gasteiger partial charge in [-0.3, -0.25) is 9.59 Å². The van der Waals surface area contributed by atoms with E-state index >= 15 is 0 Å². The number of amides is 1. The highest BCUT2D eigenvalue weighted by Crippen LogP contribution is 2.20. The Morgan fingerprint density at radius 1 is 1.36 bits per heavy atom. The molecule has 1 atom stereocenters. The second kappa shape index (κ2) is 6.80. The minimum Gasteiger partial charge on any atom is -0.334 e. The SMILES string of the molecule is Cc1nnc(S[C@H](C)C(=O)Nc2ccc(Cl)cc2)n(N)c1=O. The zero-order valence-corrected chi connectivity index (χ0v) is 13.5. The molecule has 0 bridgehead atoms. The number of carbonyl (C=O) groups excluding carboxylic acids is 1. The minimum atomic E-state index is -0.512. The summed E-state index contributed by atoms with van der Waals surface area (Å²) in [7, 11) is 0. The number of aryl methyl sites for hydroxylation is 1. The van der Waals surface area contributed by atoms with Crippen LogP contribution in [0.4, 0.5) is 5.69 Å². The average molecular weight is 340 g/mol. The highest BCUT2D eigenvalue weighted by molar-refractivity contribution is 8.00. The molecule has 116 valence electrons. The number of nitrogen functional groups attached to an aromatic ring is 1. The van der Waals surface area contributed by atoms with Crippen LogP contribution in [0, 0.1) is 6.92 Å². The van der Waals surface area contributed by atoms with Gasteiger partial charge >= 0.3 is 0 Å². The van der Waals surface area contributed by atoms with Crippen LogP contribution in [0.25, 0.3) is 0 Å². The van der Waals surface area contributed by atoms with Crippen molar-refractivity contribution in [1.29, 1.82) is 0 Å². The van der Waals surface area contributed by atoms with E-state index in [-0.39, 0.29) is 16.8 Å². The summed E-state index contributed by atoms with van der Waals surface area (Å²) in [5.41, 5.74) is 0.384. The summed E-state index contributed by atoms with van der Waals surface area (Å²) in [5, 5.41) is 10.5. The number of carbonyl (C=O) groups is 1. The summed E-state index contributed by atoms with van der Waals surface area (Å²) in [5.74, 6) is 5.39. The van der Waals surface area contributed by atoms with Crippen molar-refractivity contribution in [3.8, 4) is 0 Å². The lowest BCUT2D eigenvalue weighted by atomic mass is 10.3. The lowest BCUT2D eigenvalue weighted by molar-refractivity contribution is -0.115. The van der Waals surface area contributed by atoms with Gasteiger partial charge in [0, 0.05) is 10.7 Å². The van der Waals surface area contributed by atoms with Crippen molar-refractivity contribution in [2.45, 2.75) is 24.3 Å². The maximum atomic E-state index is 12.1. The highest BCUT2D eigenvalue weighted by atomic mass is 35.5. The molecule has 0 spiro atoms. The molecule has 3 N–H and O–H groups in total. The van der Waals surface area contributed by atoms with Crippen molar-refractivity contribution >= 4 is 35.0 Å². The van der Waals surface area contributed by atoms with Gasteiger partial charge in [-0.05, 0) is 38.1 Å². The number of hydrogen-bond acceptors (Lipinski definition) is 6. The molecule has 1 heterocycles. The van der Waals surface area contributed by atoms with Gasteiger partial charge in [-0.2, -0.15) is 4.68 Å². The molecule has 0 saturated carbocycles. The smallest absolute Gasteiger partial charge is 0.294 e. The molecular formula is C13H14ClN5O2S. The van der Waals surface area contributed by atoms with Gasteiger partial charge in [0.2, 0.25) is 11.1 Å². The Morgan fingerprint density at radius 2 is 2.00 bits per heavy atom. The van der Waals surface area contributed by atoms with Crippen LogP contribution in [0.5, 0.6) is 0 Å². The molecule has 22 heavy (non-hydrogen) atoms. The summed E-state index contributed by atoms with van der Waals surface area (Å²) in [6.07, 6.45) is 0. The monoisotopic (exact) mass is 339 g/mol. The van der Waals surface area contributed by atoms with E-state index in [1.54, 1.807) is 31.2 Å². The minimum absolute atomic E-state index is 0.175. The van der Waals surface area contributed by atoms with E-state index in [4.69, 9.17) is 17.4 Å². The predicted molar refractivity (Wildman–Crippen MR) is 86.6 cm³/mol. The first-order valence-corrected chi connectivity index (χ1v) is 7.58. The Bertz CT molecular complexity index is 747. The molecule has 1 aromatic heterocycles. The predicted octanol–water partition coefficient (Wildman–Crippen LogP) is 1.43. The zero-order valence-electron chi connectivity index (χ0n) is 11.9. The molecule has 2 aromatic rings. The fourth-order valence-corrected chi connectivity index (χ4v) is 2.43. The maximum absolute atomic E-state index is 12.1. The van der Waals surface area contributed by atoms with E-state index in [1.807, 2.05) is 0 Å². The number of hydrogen-bond donors (Lipinski definition) is 2. The molecule has 0 aliphatic carbocycles. The Balaban J connectivity index is 2.07. The van der Waals surface area contributed by atoms with E-state index < -0.39 is 10.8 Å². The van der Waals surface area contributed by atoms with Crippen molar-refractivity contribution in [3.05, 3.63) is 45.3 Å². The van der Waals surface area contributed by atoms with Crippen LogP contribution in [-0.4, -0.2) is 26.0 Å². The third kappa shape index (κ3) is 3.77. The molecule has 0 aliphatic heterocycles. The number of nitrogens with two attached hydrogens (primary N) is 1. The lowest BCUT2D eigenvalue weighted by Gasteiger charge is -2.12. The van der Waals surface area contributed by atoms with Gasteiger partial charge in [0.1, 0.15) is 5.69 Å². The normalized spacial score (nSPS) is 12.0. The molecule has 1 aromatic carbocycles. The molecule has 0 fully saturated rings. The van der Waals surface area contributed by atoms with Crippen LogP contribution in [0.1, 0.15) is 12.6 Å². The van der Waals surface area contributed by atoms with Crippen molar-refractivity contribution in [1.82, 2.24) is 14.9 Å². The van der Waals surface area contributed by atoms with E-state index in [0.717, 1.165) is 16.4 Å². The molecule has 0 radical (unpaired) electrons. The summed E-state index contributed by atoms with van der Waals surface area (Å²) >= 11 is 6.83. The summed E-state index contributed by atoms with van der Waals surface area (Å²) in [4.78, 5) is 23.8. The van der Waals surface area contributed by atoms with E-state index in [9.17, 15) is 9.59 Å². The van der Waals surface area contributed by atoms with Gasteiger partial charge in [-0.25, -0.2) is 0 Å². The standard InChI is InChI=1S/C13H14ClN5O2S/c1-7-12(21)19(15)13(18-17-7)22-8(2)11(20)16-10-5-3-9(14)4-6-10/h3-6,8H,15H2,1-2H3,(H,16,20)/t8-/m1/s1. The summed E-state index contributed by atoms with van der Waals surface area (Å²) < 4.78 is 0.888. The number of halogens is 1. The Labute approximate surface area is 135 Å². The van der Waals surface area contributed by atoms with E-state index in [2.05, 4.69) is 15.5 Å². The first kappa shape index (κ1) is 16.3. The van der Waals surface area contributed by atoms with Crippen LogP contribution >= 0.6 is 23.4 Å². The fraction of sp³-hybridized carbons (Fsp3) is 0.231. The van der Waals surface area contributed by atoms with Crippen molar-refractivity contribution in [3.63, 3.8) is 0 Å². The molecular weight excluding hydrogens is 326 g/mol. The number of nitrogens with zero attached hydrogens (tertiary/aromatic N) is 3. The number of nitrogens with one attached hydrogen (secondary N) is 1. The van der Waals surface area contributed by atoms with Gasteiger partial charge in [0.25, 0.3) is 5.56 Å². The first-order chi connectivity index (χ1) is 10.4. The second-order valence-corrected chi connectivity index (χ2v) is 6.24. The van der Waals surface area contributed by atoms with Crippen LogP contribution in [0.3, 0.4) is 0 Å². The van der Waals surface area contributed by atoms with Gasteiger partial charge in [-0.1, -0.05) is 23.4 Å². The summed E-state index contributed by atoms with van der Waals surface area (Å²) in [6, 6.07) is 6.75. The summed E-state index contributed by atoms with van der Waals surface area (Å²) in [6.45, 7) is 3.20. The van der Waals surface area contributed by atoms with Crippen molar-refractivity contribution in [2.24, 2.45) is 0 Å². The Kier molecular flexibility index (Phi) is 5.04. The van der Waals surface area contributed by atoms with Gasteiger partial charge < -0.3 is 11.2 Å². The zero-order chi connectivity index (χ0) is 16.3. The van der Waals surface area contributed by atoms with E-state index in [0.29, 0.717) is 10.7 Å². The van der Waals surface area contributed by atoms with Crippen LogP contribution in [-0.2, 0) is 4.79 Å². The van der Waals surface area contributed by atoms with Gasteiger partial charge in [0.15, 0.2) is 0 Å². The molecule has 0 saturated heterocycles.